The minimum atomic E-state index is -0.432. The summed E-state index contributed by atoms with van der Waals surface area (Å²) in [5, 5.41) is 0. The Morgan fingerprint density at radius 1 is 1.29 bits per heavy atom. The van der Waals surface area contributed by atoms with Gasteiger partial charge in [0.15, 0.2) is 11.6 Å². The average Bonchev–Trinajstić information content (AvgIpc) is 3.36. The third-order valence-electron chi connectivity index (χ3n) is 4.28. The van der Waals surface area contributed by atoms with Crippen LogP contribution < -0.4 is 10.3 Å². The van der Waals surface area contributed by atoms with Gasteiger partial charge in [0.25, 0.3) is 11.5 Å². The summed E-state index contributed by atoms with van der Waals surface area (Å²) in [7, 11) is 0. The SMILES string of the molecule is O=C(c1cnc(C2CC2)[nH]c1=O)N1CC(Oc2ccccc2F)C1. The first kappa shape index (κ1) is 14.9. The maximum atomic E-state index is 13.5. The van der Waals surface area contributed by atoms with Gasteiger partial charge >= 0.3 is 0 Å². The van der Waals surface area contributed by atoms with Gasteiger partial charge in [0, 0.05) is 12.1 Å². The maximum absolute atomic E-state index is 13.5. The van der Waals surface area contributed by atoms with Crippen molar-refractivity contribution in [1.82, 2.24) is 14.9 Å². The number of hydrogen-bond donors (Lipinski definition) is 1. The quantitative estimate of drug-likeness (QED) is 0.926. The Morgan fingerprint density at radius 2 is 2.04 bits per heavy atom. The number of aromatic nitrogens is 2. The summed E-state index contributed by atoms with van der Waals surface area (Å²) in [6.45, 7) is 0.633. The highest BCUT2D eigenvalue weighted by molar-refractivity contribution is 5.94. The molecule has 4 rings (SSSR count). The Hall–Kier alpha value is -2.70. The second-order valence-corrected chi connectivity index (χ2v) is 6.17. The van der Waals surface area contributed by atoms with Crippen molar-refractivity contribution in [1.29, 1.82) is 0 Å². The van der Waals surface area contributed by atoms with Crippen LogP contribution in [-0.2, 0) is 0 Å². The third-order valence-corrected chi connectivity index (χ3v) is 4.28. The number of carbonyl (C=O) groups excluding carboxylic acids is 1. The highest BCUT2D eigenvalue weighted by Crippen LogP contribution is 2.37. The molecule has 0 radical (unpaired) electrons. The van der Waals surface area contributed by atoms with Gasteiger partial charge in [-0.1, -0.05) is 12.1 Å². The minimum absolute atomic E-state index is 0.0312. The fourth-order valence-corrected chi connectivity index (χ4v) is 2.69. The molecular formula is C17H16FN3O3. The Kier molecular flexibility index (Phi) is 3.55. The fourth-order valence-electron chi connectivity index (χ4n) is 2.69. The molecule has 24 heavy (non-hydrogen) atoms. The molecule has 1 saturated carbocycles. The average molecular weight is 329 g/mol. The molecule has 0 unspecified atom stereocenters. The molecule has 1 saturated heterocycles. The first-order valence-corrected chi connectivity index (χ1v) is 7.91. The molecule has 1 aromatic heterocycles. The first-order chi connectivity index (χ1) is 11.6. The molecule has 2 aromatic rings. The lowest BCUT2D eigenvalue weighted by Gasteiger charge is -2.38. The van der Waals surface area contributed by atoms with E-state index in [4.69, 9.17) is 4.74 Å². The van der Waals surface area contributed by atoms with Crippen molar-refractivity contribution in [3.63, 3.8) is 0 Å². The van der Waals surface area contributed by atoms with E-state index in [0.717, 1.165) is 12.8 Å². The Bertz CT molecular complexity index is 841. The van der Waals surface area contributed by atoms with Crippen LogP contribution in [0.5, 0.6) is 5.75 Å². The zero-order valence-electron chi connectivity index (χ0n) is 12.9. The lowest BCUT2D eigenvalue weighted by molar-refractivity contribution is 0.0162. The number of rotatable bonds is 4. The summed E-state index contributed by atoms with van der Waals surface area (Å²) in [6.07, 6.45) is 3.12. The molecule has 124 valence electrons. The van der Waals surface area contributed by atoms with Gasteiger partial charge in [-0.25, -0.2) is 9.37 Å². The van der Waals surface area contributed by atoms with Crippen molar-refractivity contribution in [3.05, 3.63) is 58.0 Å². The van der Waals surface area contributed by atoms with Gasteiger partial charge in [-0.2, -0.15) is 0 Å². The predicted molar refractivity (Wildman–Crippen MR) is 83.6 cm³/mol. The lowest BCUT2D eigenvalue weighted by Crippen LogP contribution is -2.57. The van der Waals surface area contributed by atoms with Crippen LogP contribution in [0.3, 0.4) is 0 Å². The Balaban J connectivity index is 1.39. The summed E-state index contributed by atoms with van der Waals surface area (Å²) in [5.74, 6) is 0.339. The predicted octanol–water partition coefficient (Wildman–Crippen LogP) is 1.69. The molecule has 1 amide bonds. The van der Waals surface area contributed by atoms with Crippen molar-refractivity contribution < 1.29 is 13.9 Å². The second kappa shape index (κ2) is 5.74. The number of ether oxygens (including phenoxy) is 1. The van der Waals surface area contributed by atoms with E-state index in [0.29, 0.717) is 24.8 Å². The largest absolute Gasteiger partial charge is 0.484 e. The standard InChI is InChI=1S/C17H16FN3O3/c18-13-3-1-2-4-14(13)24-11-8-21(9-11)17(23)12-7-19-15(10-5-6-10)20-16(12)22/h1-4,7,10-11H,5-6,8-9H2,(H,19,20,22). The van der Waals surface area contributed by atoms with E-state index in [9.17, 15) is 14.0 Å². The number of nitrogens with one attached hydrogen (secondary N) is 1. The van der Waals surface area contributed by atoms with Gasteiger partial charge < -0.3 is 14.6 Å². The van der Waals surface area contributed by atoms with Crippen molar-refractivity contribution in [2.45, 2.75) is 24.9 Å². The van der Waals surface area contributed by atoms with Crippen LogP contribution in [0.2, 0.25) is 0 Å². The highest BCUT2D eigenvalue weighted by Gasteiger charge is 2.35. The third kappa shape index (κ3) is 2.77. The molecule has 0 atom stereocenters. The van der Waals surface area contributed by atoms with Gasteiger partial charge in [-0.3, -0.25) is 9.59 Å². The van der Waals surface area contributed by atoms with Crippen molar-refractivity contribution in [2.24, 2.45) is 0 Å². The monoisotopic (exact) mass is 329 g/mol. The number of H-pyrrole nitrogens is 1. The van der Waals surface area contributed by atoms with Gasteiger partial charge in [-0.15, -0.1) is 0 Å². The lowest BCUT2D eigenvalue weighted by atomic mass is 10.1. The summed E-state index contributed by atoms with van der Waals surface area (Å²) in [4.78, 5) is 32.8. The Morgan fingerprint density at radius 3 is 2.71 bits per heavy atom. The maximum Gasteiger partial charge on any atom is 0.263 e. The topological polar surface area (TPSA) is 75.3 Å². The van der Waals surface area contributed by atoms with Gasteiger partial charge in [-0.05, 0) is 25.0 Å². The number of para-hydroxylation sites is 1. The van der Waals surface area contributed by atoms with E-state index in [1.54, 1.807) is 18.2 Å². The molecule has 2 fully saturated rings. The molecule has 1 aliphatic carbocycles. The number of benzene rings is 1. The molecule has 1 aromatic carbocycles. The number of hydrogen-bond acceptors (Lipinski definition) is 4. The summed E-state index contributed by atoms with van der Waals surface area (Å²) in [5.41, 5.74) is -0.376. The van der Waals surface area contributed by atoms with Crippen molar-refractivity contribution in [2.75, 3.05) is 13.1 Å². The molecule has 0 spiro atoms. The number of likely N-dealkylation sites (tertiary alicyclic amines) is 1. The van der Waals surface area contributed by atoms with Crippen LogP contribution in [0.1, 0.15) is 34.9 Å². The van der Waals surface area contributed by atoms with Gasteiger partial charge in [0.1, 0.15) is 17.5 Å². The molecule has 0 bridgehead atoms. The van der Waals surface area contributed by atoms with Crippen molar-refractivity contribution >= 4 is 5.91 Å². The van der Waals surface area contributed by atoms with Gasteiger partial charge in [0.2, 0.25) is 0 Å². The number of nitrogens with zero attached hydrogens (tertiary/aromatic N) is 2. The zero-order chi connectivity index (χ0) is 16.7. The second-order valence-electron chi connectivity index (χ2n) is 6.17. The zero-order valence-corrected chi connectivity index (χ0v) is 12.9. The minimum Gasteiger partial charge on any atom is -0.484 e. The van der Waals surface area contributed by atoms with Crippen LogP contribution in [-0.4, -0.2) is 40.0 Å². The molecule has 2 heterocycles. The Labute approximate surface area is 137 Å². The molecule has 2 aliphatic rings. The van der Waals surface area contributed by atoms with E-state index in [-0.39, 0.29) is 23.3 Å². The molecular weight excluding hydrogens is 313 g/mol. The number of halogens is 1. The van der Waals surface area contributed by atoms with Crippen LogP contribution in [0.25, 0.3) is 0 Å². The number of aromatic amines is 1. The van der Waals surface area contributed by atoms with E-state index in [2.05, 4.69) is 9.97 Å². The fraction of sp³-hybridized carbons (Fsp3) is 0.353. The molecule has 1 N–H and O–H groups in total. The van der Waals surface area contributed by atoms with Crippen LogP contribution in [0.4, 0.5) is 4.39 Å². The summed E-state index contributed by atoms with van der Waals surface area (Å²) < 4.78 is 19.0. The van der Waals surface area contributed by atoms with Crippen LogP contribution in [0, 0.1) is 5.82 Å². The van der Waals surface area contributed by atoms with E-state index >= 15 is 0 Å². The van der Waals surface area contributed by atoms with E-state index < -0.39 is 11.4 Å². The van der Waals surface area contributed by atoms with Crippen molar-refractivity contribution in [3.8, 4) is 5.75 Å². The van der Waals surface area contributed by atoms with E-state index in [1.165, 1.54) is 17.2 Å². The number of amides is 1. The molecule has 6 nitrogen and oxygen atoms in total. The number of carbonyl (C=O) groups is 1. The molecule has 7 heteroatoms. The highest BCUT2D eigenvalue weighted by atomic mass is 19.1. The van der Waals surface area contributed by atoms with Crippen LogP contribution in [0.15, 0.2) is 35.3 Å². The van der Waals surface area contributed by atoms with Gasteiger partial charge in [0.05, 0.1) is 13.1 Å². The normalized spacial score (nSPS) is 17.5. The van der Waals surface area contributed by atoms with Crippen LogP contribution >= 0.6 is 0 Å². The van der Waals surface area contributed by atoms with E-state index in [1.807, 2.05) is 0 Å². The first-order valence-electron chi connectivity index (χ1n) is 7.91. The summed E-state index contributed by atoms with van der Waals surface area (Å²) >= 11 is 0. The molecule has 1 aliphatic heterocycles. The smallest absolute Gasteiger partial charge is 0.263 e. The summed E-state index contributed by atoms with van der Waals surface area (Å²) in [6, 6.07) is 6.14.